The lowest BCUT2D eigenvalue weighted by molar-refractivity contribution is 0.522. The normalized spacial score (nSPS) is 12.3. The van der Waals surface area contributed by atoms with Crippen molar-refractivity contribution in [3.8, 4) is 0 Å². The molecule has 1 atom stereocenters. The predicted molar refractivity (Wildman–Crippen MR) is 76.9 cm³/mol. The van der Waals surface area contributed by atoms with Gasteiger partial charge in [-0.1, -0.05) is 30.3 Å². The van der Waals surface area contributed by atoms with Crippen LogP contribution in [0.1, 0.15) is 11.1 Å². The van der Waals surface area contributed by atoms with Crippen molar-refractivity contribution >= 4 is 15.9 Å². The molecule has 0 bridgehead atoms. The summed E-state index contributed by atoms with van der Waals surface area (Å²) in [5.41, 5.74) is 5.33. The molecular formula is C14H16BrN3. The maximum Gasteiger partial charge on any atom is 0.0410 e. The second kappa shape index (κ2) is 6.64. The molecule has 1 aromatic heterocycles. The molecule has 2 aromatic rings. The molecule has 1 aromatic carbocycles. The van der Waals surface area contributed by atoms with Crippen LogP contribution in [-0.4, -0.2) is 11.0 Å². The van der Waals surface area contributed by atoms with E-state index in [1.165, 1.54) is 11.1 Å². The van der Waals surface area contributed by atoms with Crippen LogP contribution in [0.3, 0.4) is 0 Å². The van der Waals surface area contributed by atoms with Crippen LogP contribution in [0.4, 0.5) is 0 Å². The Labute approximate surface area is 116 Å². The Morgan fingerprint density at radius 2 is 1.83 bits per heavy atom. The monoisotopic (exact) mass is 305 g/mol. The number of nitrogens with zero attached hydrogens (tertiary/aromatic N) is 1. The number of nitrogens with two attached hydrogens (primary N) is 1. The number of pyridine rings is 1. The molecule has 4 heteroatoms. The van der Waals surface area contributed by atoms with E-state index in [1.54, 1.807) is 6.20 Å². The molecule has 94 valence electrons. The maximum absolute atomic E-state index is 5.62. The van der Waals surface area contributed by atoms with Crippen LogP contribution in [0, 0.1) is 0 Å². The Kier molecular flexibility index (Phi) is 4.87. The van der Waals surface area contributed by atoms with Gasteiger partial charge in [0, 0.05) is 22.9 Å². The average Bonchev–Trinajstić information content (AvgIpc) is 2.39. The van der Waals surface area contributed by atoms with Gasteiger partial charge in [-0.2, -0.15) is 0 Å². The predicted octanol–water partition coefficient (Wildman–Crippen LogP) is 2.46. The minimum absolute atomic E-state index is 0.212. The van der Waals surface area contributed by atoms with Gasteiger partial charge >= 0.3 is 0 Å². The summed E-state index contributed by atoms with van der Waals surface area (Å²) in [5, 5.41) is 0. The van der Waals surface area contributed by atoms with Crippen LogP contribution in [0.2, 0.25) is 0 Å². The van der Waals surface area contributed by atoms with Gasteiger partial charge in [-0.05, 0) is 46.0 Å². The van der Waals surface area contributed by atoms with E-state index in [-0.39, 0.29) is 6.04 Å². The number of aromatic nitrogens is 1. The first kappa shape index (κ1) is 13.2. The lowest BCUT2D eigenvalue weighted by Crippen LogP contribution is -2.38. The van der Waals surface area contributed by atoms with Crippen molar-refractivity contribution in [2.75, 3.05) is 0 Å². The van der Waals surface area contributed by atoms with Crippen LogP contribution in [0.25, 0.3) is 0 Å². The third kappa shape index (κ3) is 3.91. The highest BCUT2D eigenvalue weighted by Gasteiger charge is 2.09. The average molecular weight is 306 g/mol. The fourth-order valence-electron chi connectivity index (χ4n) is 1.94. The second-order valence-corrected chi connectivity index (χ2v) is 5.18. The number of rotatable bonds is 5. The molecule has 1 heterocycles. The van der Waals surface area contributed by atoms with Crippen LogP contribution in [0.15, 0.2) is 53.3 Å². The van der Waals surface area contributed by atoms with Gasteiger partial charge in [-0.15, -0.1) is 0 Å². The van der Waals surface area contributed by atoms with E-state index in [0.717, 1.165) is 17.3 Å². The molecule has 0 aliphatic carbocycles. The highest BCUT2D eigenvalue weighted by molar-refractivity contribution is 9.10. The van der Waals surface area contributed by atoms with E-state index < -0.39 is 0 Å². The summed E-state index contributed by atoms with van der Waals surface area (Å²) in [6.45, 7) is 0. The largest absolute Gasteiger partial charge is 0.271 e. The van der Waals surface area contributed by atoms with E-state index in [2.05, 4.69) is 44.5 Å². The van der Waals surface area contributed by atoms with Crippen molar-refractivity contribution in [1.82, 2.24) is 10.4 Å². The molecule has 0 amide bonds. The van der Waals surface area contributed by atoms with Gasteiger partial charge in [0.05, 0.1) is 0 Å². The molecule has 0 fully saturated rings. The summed E-state index contributed by atoms with van der Waals surface area (Å²) < 4.78 is 0.996. The highest BCUT2D eigenvalue weighted by Crippen LogP contribution is 2.13. The van der Waals surface area contributed by atoms with Gasteiger partial charge in [-0.3, -0.25) is 16.3 Å². The van der Waals surface area contributed by atoms with Crippen LogP contribution < -0.4 is 11.3 Å². The van der Waals surface area contributed by atoms with Crippen molar-refractivity contribution in [3.05, 3.63) is 64.4 Å². The van der Waals surface area contributed by atoms with Gasteiger partial charge in [0.25, 0.3) is 0 Å². The van der Waals surface area contributed by atoms with Crippen molar-refractivity contribution < 1.29 is 0 Å². The molecule has 3 N–H and O–H groups in total. The fraction of sp³-hybridized carbons (Fsp3) is 0.214. The number of nitrogens with one attached hydrogen (secondary N) is 1. The molecule has 0 radical (unpaired) electrons. The van der Waals surface area contributed by atoms with Crippen LogP contribution in [0.5, 0.6) is 0 Å². The molecule has 0 saturated heterocycles. The SMILES string of the molecule is NNC(Cc1ccccc1)Cc1cncc(Br)c1. The quantitative estimate of drug-likeness (QED) is 0.659. The Bertz CT molecular complexity index is 487. The van der Waals surface area contributed by atoms with Crippen molar-refractivity contribution in [2.24, 2.45) is 5.84 Å². The molecule has 0 spiro atoms. The van der Waals surface area contributed by atoms with Gasteiger partial charge in [0.15, 0.2) is 0 Å². The summed E-state index contributed by atoms with van der Waals surface area (Å²) in [7, 11) is 0. The first-order valence-corrected chi connectivity index (χ1v) is 6.66. The standard InChI is InChI=1S/C14H16BrN3/c15-13-6-12(9-17-10-13)8-14(18-16)7-11-4-2-1-3-5-11/h1-6,9-10,14,18H,7-8,16H2. The van der Waals surface area contributed by atoms with Gasteiger partial charge in [0.1, 0.15) is 0 Å². The van der Waals surface area contributed by atoms with Gasteiger partial charge in [-0.25, -0.2) is 0 Å². The number of hydrogen-bond donors (Lipinski definition) is 2. The molecule has 0 aliphatic heterocycles. The van der Waals surface area contributed by atoms with Crippen molar-refractivity contribution in [3.63, 3.8) is 0 Å². The summed E-state index contributed by atoms with van der Waals surface area (Å²) in [5.74, 6) is 5.62. The minimum Gasteiger partial charge on any atom is -0.271 e. The Morgan fingerprint density at radius 3 is 2.50 bits per heavy atom. The van der Waals surface area contributed by atoms with Crippen molar-refractivity contribution in [2.45, 2.75) is 18.9 Å². The van der Waals surface area contributed by atoms with E-state index in [0.29, 0.717) is 0 Å². The second-order valence-electron chi connectivity index (χ2n) is 4.27. The molecule has 0 aliphatic rings. The van der Waals surface area contributed by atoms with E-state index in [4.69, 9.17) is 5.84 Å². The maximum atomic E-state index is 5.62. The molecule has 2 rings (SSSR count). The summed E-state index contributed by atoms with van der Waals surface area (Å²) in [6, 6.07) is 12.6. The van der Waals surface area contributed by atoms with Crippen LogP contribution in [-0.2, 0) is 12.8 Å². The minimum atomic E-state index is 0.212. The smallest absolute Gasteiger partial charge is 0.0410 e. The first-order valence-electron chi connectivity index (χ1n) is 5.87. The number of hydrazine groups is 1. The number of halogens is 1. The van der Waals surface area contributed by atoms with E-state index >= 15 is 0 Å². The molecular weight excluding hydrogens is 290 g/mol. The lowest BCUT2D eigenvalue weighted by atomic mass is 10.0. The molecule has 1 unspecified atom stereocenters. The Morgan fingerprint density at radius 1 is 1.11 bits per heavy atom. The Balaban J connectivity index is 2.01. The highest BCUT2D eigenvalue weighted by atomic mass is 79.9. The molecule has 0 saturated carbocycles. The summed E-state index contributed by atoms with van der Waals surface area (Å²) >= 11 is 3.43. The fourth-order valence-corrected chi connectivity index (χ4v) is 2.35. The topological polar surface area (TPSA) is 50.9 Å². The number of benzene rings is 1. The third-order valence-electron chi connectivity index (χ3n) is 2.80. The number of hydrogen-bond acceptors (Lipinski definition) is 3. The van der Waals surface area contributed by atoms with Gasteiger partial charge in [0.2, 0.25) is 0 Å². The van der Waals surface area contributed by atoms with Crippen LogP contribution >= 0.6 is 15.9 Å². The van der Waals surface area contributed by atoms with Crippen molar-refractivity contribution in [1.29, 1.82) is 0 Å². The summed E-state index contributed by atoms with van der Waals surface area (Å²) in [4.78, 5) is 4.16. The third-order valence-corrected chi connectivity index (χ3v) is 3.24. The summed E-state index contributed by atoms with van der Waals surface area (Å²) in [6.07, 6.45) is 5.42. The zero-order valence-electron chi connectivity index (χ0n) is 10.0. The zero-order valence-corrected chi connectivity index (χ0v) is 11.6. The van der Waals surface area contributed by atoms with E-state index in [9.17, 15) is 0 Å². The Hall–Kier alpha value is -1.23. The van der Waals surface area contributed by atoms with Gasteiger partial charge < -0.3 is 0 Å². The van der Waals surface area contributed by atoms with E-state index in [1.807, 2.05) is 24.4 Å². The molecule has 18 heavy (non-hydrogen) atoms. The first-order chi connectivity index (χ1) is 8.78. The molecule has 3 nitrogen and oxygen atoms in total. The zero-order chi connectivity index (χ0) is 12.8. The lowest BCUT2D eigenvalue weighted by Gasteiger charge is -2.16.